The molecule has 1 N–H and O–H groups in total. The number of aliphatic hydroxyl groups excluding tert-OH is 1. The van der Waals surface area contributed by atoms with Crippen LogP contribution >= 0.6 is 0 Å². The average Bonchev–Trinajstić information content (AvgIpc) is 2.70. The maximum absolute atomic E-state index is 12.9. The van der Waals surface area contributed by atoms with Gasteiger partial charge in [0.25, 0.3) is 0 Å². The zero-order chi connectivity index (χ0) is 22.4. The van der Waals surface area contributed by atoms with Gasteiger partial charge in [-0.05, 0) is 47.7 Å². The summed E-state index contributed by atoms with van der Waals surface area (Å²) in [7, 11) is 1.51. The predicted octanol–water partition coefficient (Wildman–Crippen LogP) is 5.36. The smallest absolute Gasteiger partial charge is 0.416 e. The SMILES string of the molecule is CCC(C)(C)c1cc(OCc2cccc(C(F)(F)F)c2)ccc1OCC(O)COC. The molecule has 0 bridgehead atoms. The summed E-state index contributed by atoms with van der Waals surface area (Å²) in [6.07, 6.45) is -4.30. The van der Waals surface area contributed by atoms with Gasteiger partial charge < -0.3 is 19.3 Å². The molecular formula is C23H29F3O4. The Labute approximate surface area is 175 Å². The van der Waals surface area contributed by atoms with Gasteiger partial charge in [-0.3, -0.25) is 0 Å². The molecule has 0 aliphatic rings. The largest absolute Gasteiger partial charge is 0.490 e. The number of methoxy groups -OCH3 is 1. The molecule has 0 saturated heterocycles. The number of hydrogen-bond acceptors (Lipinski definition) is 4. The van der Waals surface area contributed by atoms with Gasteiger partial charge in [-0.1, -0.05) is 32.9 Å². The summed E-state index contributed by atoms with van der Waals surface area (Å²) in [6.45, 7) is 6.47. The van der Waals surface area contributed by atoms with Crippen LogP contribution in [0, 0.1) is 0 Å². The van der Waals surface area contributed by atoms with Gasteiger partial charge in [-0.2, -0.15) is 13.2 Å². The molecule has 7 heteroatoms. The zero-order valence-corrected chi connectivity index (χ0v) is 17.8. The third-order valence-electron chi connectivity index (χ3n) is 5.01. The van der Waals surface area contributed by atoms with Crippen LogP contribution in [0.1, 0.15) is 43.9 Å². The van der Waals surface area contributed by atoms with Gasteiger partial charge in [0.05, 0.1) is 12.2 Å². The lowest BCUT2D eigenvalue weighted by atomic mass is 9.81. The summed E-state index contributed by atoms with van der Waals surface area (Å²) >= 11 is 0. The lowest BCUT2D eigenvalue weighted by Gasteiger charge is -2.27. The minimum atomic E-state index is -4.39. The Balaban J connectivity index is 2.18. The highest BCUT2D eigenvalue weighted by Crippen LogP contribution is 2.37. The monoisotopic (exact) mass is 426 g/mol. The number of rotatable bonds is 10. The van der Waals surface area contributed by atoms with Crippen LogP contribution in [0.2, 0.25) is 0 Å². The normalized spacial score (nSPS) is 13.2. The highest BCUT2D eigenvalue weighted by molar-refractivity contribution is 5.44. The summed E-state index contributed by atoms with van der Waals surface area (Å²) in [5, 5.41) is 9.85. The zero-order valence-electron chi connectivity index (χ0n) is 17.8. The fraction of sp³-hybridized carbons (Fsp3) is 0.478. The molecule has 0 spiro atoms. The number of aliphatic hydroxyl groups is 1. The number of benzene rings is 2. The van der Waals surface area contributed by atoms with E-state index in [-0.39, 0.29) is 25.2 Å². The van der Waals surface area contributed by atoms with Gasteiger partial charge in [-0.25, -0.2) is 0 Å². The predicted molar refractivity (Wildman–Crippen MR) is 109 cm³/mol. The lowest BCUT2D eigenvalue weighted by Crippen LogP contribution is -2.24. The van der Waals surface area contributed by atoms with Crippen LogP contribution in [0.25, 0.3) is 0 Å². The summed E-state index contributed by atoms with van der Waals surface area (Å²) in [5.41, 5.74) is 0.409. The van der Waals surface area contributed by atoms with Crippen molar-refractivity contribution in [3.05, 3.63) is 59.2 Å². The molecule has 0 radical (unpaired) electrons. The highest BCUT2D eigenvalue weighted by Gasteiger charge is 2.30. The topological polar surface area (TPSA) is 47.9 Å². The molecule has 4 nitrogen and oxygen atoms in total. The fourth-order valence-electron chi connectivity index (χ4n) is 2.87. The molecular weight excluding hydrogens is 397 g/mol. The van der Waals surface area contributed by atoms with Crippen molar-refractivity contribution in [2.45, 2.75) is 51.5 Å². The van der Waals surface area contributed by atoms with Crippen molar-refractivity contribution in [1.29, 1.82) is 0 Å². The van der Waals surface area contributed by atoms with E-state index in [0.717, 1.165) is 24.1 Å². The molecule has 0 heterocycles. The first-order valence-electron chi connectivity index (χ1n) is 9.80. The molecule has 0 aromatic heterocycles. The highest BCUT2D eigenvalue weighted by atomic mass is 19.4. The second kappa shape index (κ2) is 10.2. The van der Waals surface area contributed by atoms with Gasteiger partial charge in [0.1, 0.15) is 30.8 Å². The molecule has 0 fully saturated rings. The average molecular weight is 426 g/mol. The van der Waals surface area contributed by atoms with E-state index in [9.17, 15) is 18.3 Å². The van der Waals surface area contributed by atoms with E-state index in [4.69, 9.17) is 14.2 Å². The van der Waals surface area contributed by atoms with Crippen molar-refractivity contribution >= 4 is 0 Å². The van der Waals surface area contributed by atoms with Gasteiger partial charge in [0.2, 0.25) is 0 Å². The Bertz CT molecular complexity index is 818. The van der Waals surface area contributed by atoms with E-state index < -0.39 is 17.8 Å². The molecule has 1 atom stereocenters. The van der Waals surface area contributed by atoms with Crippen LogP contribution in [-0.2, 0) is 22.9 Å². The Hall–Kier alpha value is -2.25. The maximum atomic E-state index is 12.9. The summed E-state index contributed by atoms with van der Waals surface area (Å²) in [5.74, 6) is 1.16. The van der Waals surface area contributed by atoms with Crippen LogP contribution < -0.4 is 9.47 Å². The summed E-state index contributed by atoms with van der Waals surface area (Å²) in [4.78, 5) is 0. The first kappa shape index (κ1) is 24.0. The Kier molecular flexibility index (Phi) is 8.15. The standard InChI is InChI=1S/C23H29F3O4/c1-5-22(2,3)20-12-19(9-10-21(20)30-15-18(27)14-28-4)29-13-16-7-6-8-17(11-16)23(24,25)26/h6-12,18,27H,5,13-15H2,1-4H3. The number of ether oxygens (including phenoxy) is 3. The Morgan fingerprint density at radius 2 is 1.73 bits per heavy atom. The molecule has 1 unspecified atom stereocenters. The third kappa shape index (κ3) is 6.64. The van der Waals surface area contributed by atoms with Gasteiger partial charge in [-0.15, -0.1) is 0 Å². The van der Waals surface area contributed by atoms with Crippen LogP contribution in [0.5, 0.6) is 11.5 Å². The fourth-order valence-corrected chi connectivity index (χ4v) is 2.87. The molecule has 2 rings (SSSR count). The van der Waals surface area contributed by atoms with Crippen molar-refractivity contribution in [3.8, 4) is 11.5 Å². The minimum absolute atomic E-state index is 0.0165. The van der Waals surface area contributed by atoms with E-state index in [1.54, 1.807) is 18.2 Å². The molecule has 30 heavy (non-hydrogen) atoms. The van der Waals surface area contributed by atoms with E-state index in [2.05, 4.69) is 20.8 Å². The maximum Gasteiger partial charge on any atom is 0.416 e. The minimum Gasteiger partial charge on any atom is -0.490 e. The van der Waals surface area contributed by atoms with Crippen molar-refractivity contribution in [2.24, 2.45) is 0 Å². The molecule has 0 amide bonds. The van der Waals surface area contributed by atoms with Crippen molar-refractivity contribution in [3.63, 3.8) is 0 Å². The molecule has 0 saturated carbocycles. The van der Waals surface area contributed by atoms with Gasteiger partial charge in [0, 0.05) is 12.7 Å². The summed E-state index contributed by atoms with van der Waals surface area (Å²) < 4.78 is 55.2. The first-order valence-corrected chi connectivity index (χ1v) is 9.80. The Morgan fingerprint density at radius 1 is 1.00 bits per heavy atom. The van der Waals surface area contributed by atoms with Crippen LogP contribution in [0.15, 0.2) is 42.5 Å². The van der Waals surface area contributed by atoms with Crippen molar-refractivity contribution in [2.75, 3.05) is 20.3 Å². The van der Waals surface area contributed by atoms with E-state index in [0.29, 0.717) is 17.1 Å². The number of hydrogen-bond donors (Lipinski definition) is 1. The summed E-state index contributed by atoms with van der Waals surface area (Å²) in [6, 6.07) is 10.4. The van der Waals surface area contributed by atoms with Crippen LogP contribution in [0.4, 0.5) is 13.2 Å². The first-order chi connectivity index (χ1) is 14.1. The van der Waals surface area contributed by atoms with Gasteiger partial charge >= 0.3 is 6.18 Å². The van der Waals surface area contributed by atoms with E-state index in [1.165, 1.54) is 13.2 Å². The van der Waals surface area contributed by atoms with E-state index in [1.807, 2.05) is 6.07 Å². The molecule has 0 aliphatic heterocycles. The quantitative estimate of drug-likeness (QED) is 0.556. The number of halogens is 3. The molecule has 2 aromatic carbocycles. The Morgan fingerprint density at radius 3 is 2.37 bits per heavy atom. The van der Waals surface area contributed by atoms with Crippen LogP contribution in [0.3, 0.4) is 0 Å². The molecule has 166 valence electrons. The second-order valence-electron chi connectivity index (χ2n) is 7.80. The molecule has 2 aromatic rings. The van der Waals surface area contributed by atoms with Crippen LogP contribution in [-0.4, -0.2) is 31.5 Å². The third-order valence-corrected chi connectivity index (χ3v) is 5.01. The lowest BCUT2D eigenvalue weighted by molar-refractivity contribution is -0.137. The number of alkyl halides is 3. The van der Waals surface area contributed by atoms with Crippen molar-refractivity contribution < 1.29 is 32.5 Å². The molecule has 0 aliphatic carbocycles. The second-order valence-corrected chi connectivity index (χ2v) is 7.80. The van der Waals surface area contributed by atoms with Crippen molar-refractivity contribution in [1.82, 2.24) is 0 Å². The van der Waals surface area contributed by atoms with E-state index >= 15 is 0 Å². The van der Waals surface area contributed by atoms with Gasteiger partial charge in [0.15, 0.2) is 0 Å².